The van der Waals surface area contributed by atoms with Gasteiger partial charge in [0.05, 0.1) is 5.69 Å². The van der Waals surface area contributed by atoms with E-state index in [2.05, 4.69) is 15.5 Å². The monoisotopic (exact) mass is 323 g/mol. The summed E-state index contributed by atoms with van der Waals surface area (Å²) < 4.78 is 4.92. The molecule has 2 aromatic carbocycles. The fourth-order valence-corrected chi connectivity index (χ4v) is 2.61. The van der Waals surface area contributed by atoms with E-state index in [1.807, 2.05) is 53.9 Å². The van der Waals surface area contributed by atoms with Crippen LogP contribution in [0.5, 0.6) is 0 Å². The molecule has 0 aliphatic heterocycles. The van der Waals surface area contributed by atoms with E-state index in [1.54, 1.807) is 12.1 Å². The van der Waals surface area contributed by atoms with Gasteiger partial charge in [-0.05, 0) is 12.1 Å². The predicted molar refractivity (Wildman–Crippen MR) is 91.3 cm³/mol. The average molecular weight is 323 g/mol. The molecule has 0 spiro atoms. The van der Waals surface area contributed by atoms with Crippen LogP contribution in [0, 0.1) is 0 Å². The van der Waals surface area contributed by atoms with E-state index in [-0.39, 0.29) is 5.90 Å². The predicted octanol–water partition coefficient (Wildman–Crippen LogP) is 3.76. The molecule has 5 nitrogen and oxygen atoms in total. The van der Waals surface area contributed by atoms with E-state index < -0.39 is 0 Å². The Labute approximate surface area is 137 Å². The molecule has 0 saturated carbocycles. The molecule has 0 fully saturated rings. The average Bonchev–Trinajstić information content (AvgIpc) is 3.09. The number of rotatable bonds is 5. The molecular weight excluding hydrogens is 310 g/mol. The van der Waals surface area contributed by atoms with Gasteiger partial charge in [0.2, 0.25) is 11.0 Å². The number of hydrogen-bond donors (Lipinski definition) is 1. The fourth-order valence-electron chi connectivity index (χ4n) is 1.95. The van der Waals surface area contributed by atoms with Gasteiger partial charge in [-0.2, -0.15) is 0 Å². The van der Waals surface area contributed by atoms with Crippen LogP contribution in [-0.2, 0) is 9.53 Å². The maximum Gasteiger partial charge on any atom is 0.299 e. The van der Waals surface area contributed by atoms with Crippen LogP contribution >= 0.6 is 11.3 Å². The summed E-state index contributed by atoms with van der Waals surface area (Å²) >= 11 is 1.43. The lowest BCUT2D eigenvalue weighted by molar-refractivity contribution is -0.121. The molecule has 3 rings (SSSR count). The second-order valence-corrected chi connectivity index (χ2v) is 5.37. The molecule has 23 heavy (non-hydrogen) atoms. The molecule has 0 bridgehead atoms. The lowest BCUT2D eigenvalue weighted by atomic mass is 10.2. The molecule has 1 N–H and O–H groups in total. The summed E-state index contributed by atoms with van der Waals surface area (Å²) in [6, 6.07) is 19.1. The molecule has 0 saturated heterocycles. The summed E-state index contributed by atoms with van der Waals surface area (Å²) in [6.07, 6.45) is 0. The van der Waals surface area contributed by atoms with Gasteiger partial charge in [-0.15, -0.1) is 16.4 Å². The van der Waals surface area contributed by atoms with E-state index >= 15 is 0 Å². The highest BCUT2D eigenvalue weighted by molar-refractivity contribution is 7.14. The molecule has 0 aliphatic rings. The van der Waals surface area contributed by atoms with Crippen LogP contribution in [0.15, 0.2) is 71.1 Å². The van der Waals surface area contributed by atoms with Gasteiger partial charge in [-0.3, -0.25) is 4.79 Å². The van der Waals surface area contributed by atoms with Crippen molar-refractivity contribution in [2.75, 3.05) is 5.43 Å². The van der Waals surface area contributed by atoms with Gasteiger partial charge in [0.25, 0.3) is 6.47 Å². The molecule has 0 radical (unpaired) electrons. The molecule has 1 aromatic heterocycles. The standard InChI is InChI=1S/C17H13N3O2S/c21-12-22-16(14-9-5-2-6-10-14)19-20-17-18-15(11-23-17)13-7-3-1-4-8-13/h1-12H,(H,18,20)/b19-16+. The first-order valence-corrected chi connectivity index (χ1v) is 7.75. The normalized spacial score (nSPS) is 11.0. The zero-order valence-electron chi connectivity index (χ0n) is 12.0. The highest BCUT2D eigenvalue weighted by atomic mass is 32.1. The molecule has 0 atom stereocenters. The van der Waals surface area contributed by atoms with Gasteiger partial charge >= 0.3 is 0 Å². The topological polar surface area (TPSA) is 63.6 Å². The largest absolute Gasteiger partial charge is 0.407 e. The van der Waals surface area contributed by atoms with Crippen molar-refractivity contribution in [1.29, 1.82) is 0 Å². The number of carbonyl (C=O) groups is 1. The maximum atomic E-state index is 10.6. The fraction of sp³-hybridized carbons (Fsp3) is 0. The quantitative estimate of drug-likeness (QED) is 0.336. The van der Waals surface area contributed by atoms with Crippen molar-refractivity contribution < 1.29 is 9.53 Å². The van der Waals surface area contributed by atoms with Crippen LogP contribution in [0.3, 0.4) is 0 Å². The number of hydrazone groups is 1. The van der Waals surface area contributed by atoms with Crippen LogP contribution < -0.4 is 5.43 Å². The van der Waals surface area contributed by atoms with Crippen LogP contribution in [0.25, 0.3) is 11.3 Å². The highest BCUT2D eigenvalue weighted by Crippen LogP contribution is 2.24. The first kappa shape index (κ1) is 14.9. The smallest absolute Gasteiger partial charge is 0.299 e. The Hall–Kier alpha value is -2.99. The van der Waals surface area contributed by atoms with Crippen molar-refractivity contribution in [2.24, 2.45) is 5.10 Å². The summed E-state index contributed by atoms with van der Waals surface area (Å²) in [5, 5.41) is 6.68. The van der Waals surface area contributed by atoms with Gasteiger partial charge in [0.15, 0.2) is 0 Å². The molecular formula is C17H13N3O2S. The van der Waals surface area contributed by atoms with Crippen LogP contribution in [0.2, 0.25) is 0 Å². The number of thiazole rings is 1. The number of nitrogens with zero attached hydrogens (tertiary/aromatic N) is 2. The SMILES string of the molecule is O=CO/C(=N/Nc1nc(-c2ccccc2)cs1)c1ccccc1. The van der Waals surface area contributed by atoms with Gasteiger partial charge < -0.3 is 4.74 Å². The number of hydrogen-bond acceptors (Lipinski definition) is 6. The minimum Gasteiger partial charge on any atom is -0.407 e. The molecule has 0 amide bonds. The number of ether oxygens (including phenoxy) is 1. The molecule has 0 unspecified atom stereocenters. The molecule has 1 heterocycles. The number of carbonyl (C=O) groups excluding carboxylic acids is 1. The highest BCUT2D eigenvalue weighted by Gasteiger charge is 2.06. The van der Waals surface area contributed by atoms with Crippen LogP contribution in [0.4, 0.5) is 5.13 Å². The third-order valence-electron chi connectivity index (χ3n) is 3.01. The summed E-state index contributed by atoms with van der Waals surface area (Å²) in [5.74, 6) is 0.192. The van der Waals surface area contributed by atoms with Crippen molar-refractivity contribution in [2.45, 2.75) is 0 Å². The molecule has 0 aliphatic carbocycles. The second kappa shape index (κ2) is 7.33. The maximum absolute atomic E-state index is 10.6. The Kier molecular flexibility index (Phi) is 4.76. The number of benzene rings is 2. The zero-order chi connectivity index (χ0) is 15.9. The van der Waals surface area contributed by atoms with Gasteiger partial charge in [-0.25, -0.2) is 10.4 Å². The number of anilines is 1. The summed E-state index contributed by atoms with van der Waals surface area (Å²) in [5.41, 5.74) is 5.43. The van der Waals surface area contributed by atoms with Crippen molar-refractivity contribution in [1.82, 2.24) is 4.98 Å². The van der Waals surface area contributed by atoms with Crippen molar-refractivity contribution in [3.8, 4) is 11.3 Å². The third-order valence-corrected chi connectivity index (χ3v) is 3.75. The van der Waals surface area contributed by atoms with E-state index in [9.17, 15) is 4.79 Å². The number of aromatic nitrogens is 1. The van der Waals surface area contributed by atoms with E-state index in [0.29, 0.717) is 17.2 Å². The van der Waals surface area contributed by atoms with E-state index in [4.69, 9.17) is 4.74 Å². The first-order chi connectivity index (χ1) is 11.4. The third kappa shape index (κ3) is 3.81. The summed E-state index contributed by atoms with van der Waals surface area (Å²) in [7, 11) is 0. The first-order valence-electron chi connectivity index (χ1n) is 6.87. The van der Waals surface area contributed by atoms with E-state index in [1.165, 1.54) is 11.3 Å². The van der Waals surface area contributed by atoms with Crippen molar-refractivity contribution in [3.63, 3.8) is 0 Å². The van der Waals surface area contributed by atoms with Gasteiger partial charge in [0, 0.05) is 16.5 Å². The van der Waals surface area contributed by atoms with Crippen molar-refractivity contribution >= 4 is 28.8 Å². The second-order valence-electron chi connectivity index (χ2n) is 4.51. The minimum atomic E-state index is 0.192. The minimum absolute atomic E-state index is 0.192. The Morgan fingerprint density at radius 1 is 1.09 bits per heavy atom. The Balaban J connectivity index is 1.78. The molecule has 6 heteroatoms. The molecule has 114 valence electrons. The van der Waals surface area contributed by atoms with Crippen LogP contribution in [0.1, 0.15) is 5.56 Å². The Morgan fingerprint density at radius 2 is 1.78 bits per heavy atom. The Morgan fingerprint density at radius 3 is 2.48 bits per heavy atom. The van der Waals surface area contributed by atoms with E-state index in [0.717, 1.165) is 11.3 Å². The summed E-state index contributed by atoms with van der Waals surface area (Å²) in [6.45, 7) is 0.352. The van der Waals surface area contributed by atoms with Crippen molar-refractivity contribution in [3.05, 3.63) is 71.6 Å². The van der Waals surface area contributed by atoms with Gasteiger partial charge in [0.1, 0.15) is 0 Å². The zero-order valence-corrected chi connectivity index (χ0v) is 12.9. The molecule has 3 aromatic rings. The van der Waals surface area contributed by atoms with Gasteiger partial charge in [-0.1, -0.05) is 48.5 Å². The van der Waals surface area contributed by atoms with Crippen LogP contribution in [-0.4, -0.2) is 17.4 Å². The number of nitrogens with one attached hydrogen (secondary N) is 1. The lowest BCUT2D eigenvalue weighted by Crippen LogP contribution is -2.08. The Bertz CT molecular complexity index is 801. The lowest BCUT2D eigenvalue weighted by Gasteiger charge is -2.03. The summed E-state index contributed by atoms with van der Waals surface area (Å²) in [4.78, 5) is 15.1.